The molecule has 4 heteroatoms. The van der Waals surface area contributed by atoms with Gasteiger partial charge in [0.1, 0.15) is 11.4 Å². The first-order valence-corrected chi connectivity index (χ1v) is 8.42. The molecule has 128 valence electrons. The van der Waals surface area contributed by atoms with Crippen molar-refractivity contribution < 1.29 is 14.3 Å². The highest BCUT2D eigenvalue weighted by Gasteiger charge is 2.31. The van der Waals surface area contributed by atoms with Crippen LogP contribution in [0.3, 0.4) is 0 Å². The molecule has 0 saturated carbocycles. The molecule has 0 radical (unpaired) electrons. The molecule has 24 heavy (non-hydrogen) atoms. The minimum Gasteiger partial charge on any atom is -0.496 e. The van der Waals surface area contributed by atoms with E-state index in [9.17, 15) is 4.79 Å². The molecule has 0 spiro atoms. The van der Waals surface area contributed by atoms with Gasteiger partial charge in [-0.15, -0.1) is 0 Å². The van der Waals surface area contributed by atoms with Crippen LogP contribution in [0, 0.1) is 0 Å². The van der Waals surface area contributed by atoms with Crippen LogP contribution in [0.4, 0.5) is 4.79 Å². The molecule has 1 fully saturated rings. The Labute approximate surface area is 143 Å². The number of fused-ring (bicyclic) bond motifs is 1. The van der Waals surface area contributed by atoms with Gasteiger partial charge in [0.2, 0.25) is 0 Å². The maximum Gasteiger partial charge on any atom is 0.410 e. The average Bonchev–Trinajstić information content (AvgIpc) is 3.02. The summed E-state index contributed by atoms with van der Waals surface area (Å²) in [5.74, 6) is 1.21. The van der Waals surface area contributed by atoms with Crippen molar-refractivity contribution in [2.75, 3.05) is 20.2 Å². The SMILES string of the molecule is COc1ccc(C2CCN(C(=O)OC(C)(C)C)C2)c2ccccc12. The predicted molar refractivity (Wildman–Crippen MR) is 95.7 cm³/mol. The quantitative estimate of drug-likeness (QED) is 0.811. The monoisotopic (exact) mass is 327 g/mol. The standard InChI is InChI=1S/C20H25NO3/c1-20(2,3)24-19(22)21-12-11-14(13-21)15-9-10-18(23-4)17-8-6-5-7-16(15)17/h5-10,14H,11-13H2,1-4H3. The van der Waals surface area contributed by atoms with Gasteiger partial charge in [-0.1, -0.05) is 30.3 Å². The number of carbonyl (C=O) groups excluding carboxylic acids is 1. The lowest BCUT2D eigenvalue weighted by atomic mass is 9.92. The van der Waals surface area contributed by atoms with E-state index in [4.69, 9.17) is 9.47 Å². The van der Waals surface area contributed by atoms with Gasteiger partial charge in [-0.25, -0.2) is 4.79 Å². The molecule has 0 bridgehead atoms. The Morgan fingerprint density at radius 1 is 1.12 bits per heavy atom. The van der Waals surface area contributed by atoms with E-state index in [2.05, 4.69) is 18.2 Å². The molecule has 0 N–H and O–H groups in total. The Morgan fingerprint density at radius 3 is 2.50 bits per heavy atom. The molecule has 3 rings (SSSR count). The number of hydrogen-bond acceptors (Lipinski definition) is 3. The Hall–Kier alpha value is -2.23. The van der Waals surface area contributed by atoms with E-state index < -0.39 is 5.60 Å². The first-order chi connectivity index (χ1) is 11.4. The zero-order valence-corrected chi connectivity index (χ0v) is 14.8. The van der Waals surface area contributed by atoms with E-state index in [1.807, 2.05) is 43.9 Å². The minimum atomic E-state index is -0.456. The van der Waals surface area contributed by atoms with Crippen LogP contribution in [0.15, 0.2) is 36.4 Å². The molecule has 1 atom stereocenters. The molecule has 4 nitrogen and oxygen atoms in total. The van der Waals surface area contributed by atoms with Crippen molar-refractivity contribution in [1.82, 2.24) is 4.90 Å². The lowest BCUT2D eigenvalue weighted by molar-refractivity contribution is 0.0292. The van der Waals surface area contributed by atoms with Crippen LogP contribution < -0.4 is 4.74 Å². The molecular formula is C20H25NO3. The highest BCUT2D eigenvalue weighted by molar-refractivity contribution is 5.91. The highest BCUT2D eigenvalue weighted by Crippen LogP contribution is 2.36. The van der Waals surface area contributed by atoms with Gasteiger partial charge in [-0.3, -0.25) is 0 Å². The first-order valence-electron chi connectivity index (χ1n) is 8.42. The van der Waals surface area contributed by atoms with Crippen LogP contribution >= 0.6 is 0 Å². The summed E-state index contributed by atoms with van der Waals surface area (Å²) in [5, 5.41) is 2.32. The van der Waals surface area contributed by atoms with E-state index in [1.54, 1.807) is 7.11 Å². The van der Waals surface area contributed by atoms with Gasteiger partial charge in [0.25, 0.3) is 0 Å². The molecular weight excluding hydrogens is 302 g/mol. The Balaban J connectivity index is 1.84. The summed E-state index contributed by atoms with van der Waals surface area (Å²) in [6.45, 7) is 7.13. The van der Waals surface area contributed by atoms with E-state index in [0.717, 1.165) is 24.1 Å². The second-order valence-corrected chi connectivity index (χ2v) is 7.31. The van der Waals surface area contributed by atoms with E-state index in [1.165, 1.54) is 10.9 Å². The number of likely N-dealkylation sites (tertiary alicyclic amines) is 1. The minimum absolute atomic E-state index is 0.220. The van der Waals surface area contributed by atoms with E-state index in [-0.39, 0.29) is 6.09 Å². The molecule has 1 saturated heterocycles. The second kappa shape index (κ2) is 6.34. The maximum absolute atomic E-state index is 12.3. The number of amides is 1. The van der Waals surface area contributed by atoms with Gasteiger partial charge >= 0.3 is 6.09 Å². The van der Waals surface area contributed by atoms with Crippen LogP contribution in [0.5, 0.6) is 5.75 Å². The average molecular weight is 327 g/mol. The molecule has 0 aromatic heterocycles. The lowest BCUT2D eigenvalue weighted by Gasteiger charge is -2.24. The maximum atomic E-state index is 12.3. The summed E-state index contributed by atoms with van der Waals surface area (Å²) >= 11 is 0. The normalized spacial score (nSPS) is 18.0. The van der Waals surface area contributed by atoms with Crippen LogP contribution in [0.25, 0.3) is 10.8 Å². The summed E-state index contributed by atoms with van der Waals surface area (Å²) in [6, 6.07) is 12.4. The van der Waals surface area contributed by atoms with E-state index >= 15 is 0 Å². The molecule has 2 aromatic carbocycles. The first kappa shape index (κ1) is 16.6. The molecule has 0 aliphatic carbocycles. The van der Waals surface area contributed by atoms with Crippen molar-refractivity contribution in [3.8, 4) is 5.75 Å². The molecule has 1 amide bonds. The van der Waals surface area contributed by atoms with Crippen LogP contribution in [-0.2, 0) is 4.74 Å². The molecule has 1 unspecified atom stereocenters. The van der Waals surface area contributed by atoms with Crippen LogP contribution in [-0.4, -0.2) is 36.8 Å². The van der Waals surface area contributed by atoms with Gasteiger partial charge in [-0.05, 0) is 44.2 Å². The van der Waals surface area contributed by atoms with Crippen LogP contribution in [0.2, 0.25) is 0 Å². The molecule has 2 aromatic rings. The number of carbonyl (C=O) groups is 1. The number of benzene rings is 2. The lowest BCUT2D eigenvalue weighted by Crippen LogP contribution is -2.35. The smallest absolute Gasteiger partial charge is 0.410 e. The number of nitrogens with zero attached hydrogens (tertiary/aromatic N) is 1. The van der Waals surface area contributed by atoms with Crippen molar-refractivity contribution in [2.24, 2.45) is 0 Å². The topological polar surface area (TPSA) is 38.8 Å². The Kier molecular flexibility index (Phi) is 4.39. The summed E-state index contributed by atoms with van der Waals surface area (Å²) in [4.78, 5) is 14.1. The number of ether oxygens (including phenoxy) is 2. The molecule has 1 heterocycles. The van der Waals surface area contributed by atoms with E-state index in [0.29, 0.717) is 12.5 Å². The zero-order chi connectivity index (χ0) is 17.3. The summed E-state index contributed by atoms with van der Waals surface area (Å²) in [5.41, 5.74) is 0.819. The fourth-order valence-corrected chi connectivity index (χ4v) is 3.34. The van der Waals surface area contributed by atoms with Gasteiger partial charge in [0, 0.05) is 24.4 Å². The Morgan fingerprint density at radius 2 is 1.83 bits per heavy atom. The van der Waals surface area contributed by atoms with Gasteiger partial charge in [0.15, 0.2) is 0 Å². The Bertz CT molecular complexity index is 748. The van der Waals surface area contributed by atoms with Crippen molar-refractivity contribution in [3.63, 3.8) is 0 Å². The van der Waals surface area contributed by atoms with Crippen molar-refractivity contribution in [2.45, 2.75) is 38.7 Å². The van der Waals surface area contributed by atoms with Crippen molar-refractivity contribution in [1.29, 1.82) is 0 Å². The fourth-order valence-electron chi connectivity index (χ4n) is 3.34. The van der Waals surface area contributed by atoms with Gasteiger partial charge in [-0.2, -0.15) is 0 Å². The second-order valence-electron chi connectivity index (χ2n) is 7.31. The highest BCUT2D eigenvalue weighted by atomic mass is 16.6. The predicted octanol–water partition coefficient (Wildman–Crippen LogP) is 4.57. The largest absolute Gasteiger partial charge is 0.496 e. The third kappa shape index (κ3) is 3.32. The summed E-state index contributed by atoms with van der Waals surface area (Å²) in [7, 11) is 1.70. The summed E-state index contributed by atoms with van der Waals surface area (Å²) in [6.07, 6.45) is 0.734. The van der Waals surface area contributed by atoms with Crippen molar-refractivity contribution in [3.05, 3.63) is 42.0 Å². The summed E-state index contributed by atoms with van der Waals surface area (Å²) < 4.78 is 11.0. The number of methoxy groups -OCH3 is 1. The number of hydrogen-bond donors (Lipinski definition) is 0. The third-order valence-corrected chi connectivity index (χ3v) is 4.42. The van der Waals surface area contributed by atoms with Crippen molar-refractivity contribution >= 4 is 16.9 Å². The molecule has 1 aliphatic rings. The van der Waals surface area contributed by atoms with Gasteiger partial charge < -0.3 is 14.4 Å². The third-order valence-electron chi connectivity index (χ3n) is 4.42. The van der Waals surface area contributed by atoms with Gasteiger partial charge in [0.05, 0.1) is 7.11 Å². The number of rotatable bonds is 2. The zero-order valence-electron chi connectivity index (χ0n) is 14.8. The fraction of sp³-hybridized carbons (Fsp3) is 0.450. The molecule has 1 aliphatic heterocycles. The van der Waals surface area contributed by atoms with Crippen LogP contribution in [0.1, 0.15) is 38.7 Å².